The first kappa shape index (κ1) is 20.4. The van der Waals surface area contributed by atoms with Crippen LogP contribution in [0.3, 0.4) is 0 Å². The molecular formula is C26H24FN3O2. The molecule has 0 radical (unpaired) electrons. The smallest absolute Gasteiger partial charge is 0.212 e. The molecule has 1 atom stereocenters. The molecule has 6 heteroatoms. The molecule has 2 aromatic carbocycles. The molecule has 0 spiro atoms. The summed E-state index contributed by atoms with van der Waals surface area (Å²) in [5.74, 6) is 0.951. The molecule has 32 heavy (non-hydrogen) atoms. The minimum absolute atomic E-state index is 0.481. The van der Waals surface area contributed by atoms with E-state index in [0.717, 1.165) is 59.9 Å². The van der Waals surface area contributed by atoms with Gasteiger partial charge in [0.15, 0.2) is 0 Å². The van der Waals surface area contributed by atoms with Crippen molar-refractivity contribution in [2.75, 3.05) is 20.3 Å². The van der Waals surface area contributed by atoms with Crippen molar-refractivity contribution >= 4 is 0 Å². The quantitative estimate of drug-likeness (QED) is 0.389. The highest BCUT2D eigenvalue weighted by Gasteiger charge is 2.19. The third-order valence-corrected chi connectivity index (χ3v) is 5.92. The Kier molecular flexibility index (Phi) is 5.69. The number of hydrogen-bond donors (Lipinski definition) is 0. The van der Waals surface area contributed by atoms with Crippen molar-refractivity contribution in [3.8, 4) is 33.8 Å². The number of methoxy groups -OCH3 is 1. The third-order valence-electron chi connectivity index (χ3n) is 5.92. The van der Waals surface area contributed by atoms with Gasteiger partial charge in [-0.2, -0.15) is 9.49 Å². The summed E-state index contributed by atoms with van der Waals surface area (Å²) in [4.78, 5) is 3.74. The highest BCUT2D eigenvalue weighted by molar-refractivity contribution is 5.67. The van der Waals surface area contributed by atoms with Crippen LogP contribution in [0.4, 0.5) is 4.39 Å². The molecule has 162 valence electrons. The Morgan fingerprint density at radius 1 is 1.03 bits per heavy atom. The van der Waals surface area contributed by atoms with Gasteiger partial charge in [-0.05, 0) is 78.4 Å². The third kappa shape index (κ3) is 4.14. The van der Waals surface area contributed by atoms with E-state index in [1.54, 1.807) is 13.2 Å². The first-order valence-corrected chi connectivity index (χ1v) is 10.7. The van der Waals surface area contributed by atoms with Crippen LogP contribution in [0.15, 0.2) is 73.1 Å². The van der Waals surface area contributed by atoms with E-state index in [1.807, 2.05) is 47.3 Å². The van der Waals surface area contributed by atoms with Crippen LogP contribution in [0.5, 0.6) is 5.75 Å². The zero-order valence-corrected chi connectivity index (χ0v) is 17.9. The number of ether oxygens (including phenoxy) is 2. The fourth-order valence-corrected chi connectivity index (χ4v) is 4.22. The van der Waals surface area contributed by atoms with Gasteiger partial charge in [-0.1, -0.05) is 12.1 Å². The molecule has 2 aromatic heterocycles. The summed E-state index contributed by atoms with van der Waals surface area (Å²) >= 11 is 0. The molecule has 1 fully saturated rings. The van der Waals surface area contributed by atoms with Gasteiger partial charge in [0.05, 0.1) is 24.7 Å². The van der Waals surface area contributed by atoms with Crippen LogP contribution >= 0.6 is 0 Å². The van der Waals surface area contributed by atoms with Crippen LogP contribution in [0.2, 0.25) is 0 Å². The minimum Gasteiger partial charge on any atom is -0.496 e. The maximum Gasteiger partial charge on any atom is 0.212 e. The Hall–Kier alpha value is -3.51. The first-order valence-electron chi connectivity index (χ1n) is 10.7. The average Bonchev–Trinajstić information content (AvgIpc) is 3.52. The summed E-state index contributed by atoms with van der Waals surface area (Å²) in [6.45, 7) is 1.64. The van der Waals surface area contributed by atoms with Gasteiger partial charge in [0.1, 0.15) is 5.75 Å². The number of pyridine rings is 1. The largest absolute Gasteiger partial charge is 0.496 e. The van der Waals surface area contributed by atoms with Crippen molar-refractivity contribution in [3.05, 3.63) is 84.6 Å². The Labute approximate surface area is 186 Å². The van der Waals surface area contributed by atoms with Crippen molar-refractivity contribution in [3.63, 3.8) is 0 Å². The van der Waals surface area contributed by atoms with E-state index in [-0.39, 0.29) is 0 Å². The zero-order chi connectivity index (χ0) is 21.9. The molecule has 5 rings (SSSR count). The number of hydrogen-bond acceptors (Lipinski definition) is 4. The van der Waals surface area contributed by atoms with Crippen LogP contribution < -0.4 is 4.74 Å². The fraction of sp³-hybridized carbons (Fsp3) is 0.231. The van der Waals surface area contributed by atoms with Gasteiger partial charge >= 0.3 is 0 Å². The molecule has 1 saturated heterocycles. The van der Waals surface area contributed by atoms with E-state index in [0.29, 0.717) is 5.92 Å². The Balaban J connectivity index is 1.45. The van der Waals surface area contributed by atoms with Gasteiger partial charge in [0.25, 0.3) is 0 Å². The summed E-state index contributed by atoms with van der Waals surface area (Å²) < 4.78 is 26.2. The molecule has 0 amide bonds. The van der Waals surface area contributed by atoms with Gasteiger partial charge < -0.3 is 9.47 Å². The van der Waals surface area contributed by atoms with Gasteiger partial charge in [-0.15, -0.1) is 0 Å². The maximum atomic E-state index is 13.1. The maximum absolute atomic E-state index is 13.1. The predicted molar refractivity (Wildman–Crippen MR) is 121 cm³/mol. The summed E-state index contributed by atoms with van der Waals surface area (Å²) in [6.07, 6.45) is 5.37. The molecule has 1 aliphatic rings. The Bertz CT molecular complexity index is 1200. The number of halogens is 1. The molecule has 1 aliphatic heterocycles. The topological polar surface area (TPSA) is 49.2 Å². The molecule has 4 aromatic rings. The SMILES string of the molecule is COc1ccc(-c2ccnn2-c2ccc(-c3ccc(F)nc3)cc2)cc1CC1CCOC1. The summed E-state index contributed by atoms with van der Waals surface area (Å²) in [6, 6.07) is 19.4. The van der Waals surface area contributed by atoms with E-state index >= 15 is 0 Å². The summed E-state index contributed by atoms with van der Waals surface area (Å²) in [5.41, 5.74) is 6.07. The second-order valence-electron chi connectivity index (χ2n) is 8.01. The molecule has 0 saturated carbocycles. The van der Waals surface area contributed by atoms with Crippen molar-refractivity contribution in [2.45, 2.75) is 12.8 Å². The van der Waals surface area contributed by atoms with E-state index in [4.69, 9.17) is 9.47 Å². The lowest BCUT2D eigenvalue weighted by Gasteiger charge is -2.15. The average molecular weight is 429 g/mol. The Morgan fingerprint density at radius 3 is 2.56 bits per heavy atom. The lowest BCUT2D eigenvalue weighted by Crippen LogP contribution is -2.06. The first-order chi connectivity index (χ1) is 15.7. The van der Waals surface area contributed by atoms with Gasteiger partial charge in [0, 0.05) is 30.5 Å². The Morgan fingerprint density at radius 2 is 1.84 bits per heavy atom. The molecule has 5 nitrogen and oxygen atoms in total. The summed E-state index contributed by atoms with van der Waals surface area (Å²) in [5, 5.41) is 4.56. The monoisotopic (exact) mass is 429 g/mol. The highest BCUT2D eigenvalue weighted by atomic mass is 19.1. The minimum atomic E-state index is -0.481. The van der Waals surface area contributed by atoms with Crippen LogP contribution in [-0.4, -0.2) is 35.1 Å². The van der Waals surface area contributed by atoms with Crippen LogP contribution in [0.1, 0.15) is 12.0 Å². The molecule has 0 bridgehead atoms. The zero-order valence-electron chi connectivity index (χ0n) is 17.9. The van der Waals surface area contributed by atoms with E-state index in [9.17, 15) is 4.39 Å². The molecule has 1 unspecified atom stereocenters. The van der Waals surface area contributed by atoms with E-state index in [2.05, 4.69) is 22.2 Å². The molecule has 0 N–H and O–H groups in total. The number of rotatable bonds is 6. The van der Waals surface area contributed by atoms with Crippen LogP contribution in [0, 0.1) is 11.9 Å². The van der Waals surface area contributed by atoms with E-state index < -0.39 is 5.95 Å². The highest BCUT2D eigenvalue weighted by Crippen LogP contribution is 2.31. The molecule has 0 aliphatic carbocycles. The predicted octanol–water partition coefficient (Wildman–Crippen LogP) is 5.33. The normalized spacial score (nSPS) is 15.8. The van der Waals surface area contributed by atoms with Crippen molar-refractivity contribution in [1.29, 1.82) is 0 Å². The van der Waals surface area contributed by atoms with E-state index in [1.165, 1.54) is 17.8 Å². The second kappa shape index (κ2) is 8.93. The second-order valence-corrected chi connectivity index (χ2v) is 8.01. The lowest BCUT2D eigenvalue weighted by molar-refractivity contribution is 0.185. The van der Waals surface area contributed by atoms with Crippen LogP contribution in [-0.2, 0) is 11.2 Å². The lowest BCUT2D eigenvalue weighted by atomic mass is 9.96. The molecule has 3 heterocycles. The van der Waals surface area contributed by atoms with Gasteiger partial charge in [0.2, 0.25) is 5.95 Å². The molecular weight excluding hydrogens is 405 g/mol. The summed E-state index contributed by atoms with van der Waals surface area (Å²) in [7, 11) is 1.71. The standard InChI is InChI=1S/C26H24FN3O2/c1-31-25-8-4-20(15-22(25)14-18-11-13-32-17-18)24-10-12-29-30(24)23-6-2-19(3-7-23)21-5-9-26(27)28-16-21/h2-10,12,15-16,18H,11,13-14,17H2,1H3. The van der Waals surface area contributed by atoms with Crippen LogP contribution in [0.25, 0.3) is 28.1 Å². The van der Waals surface area contributed by atoms with Crippen molar-refractivity contribution < 1.29 is 13.9 Å². The van der Waals surface area contributed by atoms with Crippen molar-refractivity contribution in [1.82, 2.24) is 14.8 Å². The number of aromatic nitrogens is 3. The van der Waals surface area contributed by atoms with Gasteiger partial charge in [-0.25, -0.2) is 9.67 Å². The van der Waals surface area contributed by atoms with Crippen molar-refractivity contribution in [2.24, 2.45) is 5.92 Å². The number of benzene rings is 2. The fourth-order valence-electron chi connectivity index (χ4n) is 4.22. The number of nitrogens with zero attached hydrogens (tertiary/aromatic N) is 3. The van der Waals surface area contributed by atoms with Gasteiger partial charge in [-0.3, -0.25) is 0 Å².